The van der Waals surface area contributed by atoms with E-state index in [1.54, 1.807) is 4.90 Å². The first-order valence-corrected chi connectivity index (χ1v) is 9.22. The SMILES string of the molecule is O=C1N(CO)CN(c2ccccc2)C12CCN(Cc1ccccc1)CC2. The van der Waals surface area contributed by atoms with Gasteiger partial charge in [-0.1, -0.05) is 48.5 Å². The van der Waals surface area contributed by atoms with Crippen LogP contribution in [-0.4, -0.2) is 52.8 Å². The fourth-order valence-electron chi connectivity index (χ4n) is 4.23. The van der Waals surface area contributed by atoms with Crippen LogP contribution in [0.4, 0.5) is 5.69 Å². The zero-order valence-corrected chi connectivity index (χ0v) is 14.9. The molecule has 2 aliphatic heterocycles. The van der Waals surface area contributed by atoms with Gasteiger partial charge in [0.2, 0.25) is 0 Å². The minimum Gasteiger partial charge on any atom is -0.376 e. The van der Waals surface area contributed by atoms with Crippen LogP contribution in [0.3, 0.4) is 0 Å². The molecular weight excluding hydrogens is 326 g/mol. The molecule has 0 bridgehead atoms. The molecule has 0 saturated carbocycles. The molecule has 0 unspecified atom stereocenters. The molecule has 0 atom stereocenters. The van der Waals surface area contributed by atoms with Gasteiger partial charge >= 0.3 is 0 Å². The van der Waals surface area contributed by atoms with Crippen molar-refractivity contribution in [1.29, 1.82) is 0 Å². The second-order valence-electron chi connectivity index (χ2n) is 7.18. The quantitative estimate of drug-likeness (QED) is 0.918. The Morgan fingerprint density at radius 1 is 0.923 bits per heavy atom. The molecule has 2 saturated heterocycles. The molecule has 5 heteroatoms. The third-order valence-electron chi connectivity index (χ3n) is 5.68. The number of hydrogen-bond donors (Lipinski definition) is 1. The minimum atomic E-state index is -0.530. The number of anilines is 1. The van der Waals surface area contributed by atoms with E-state index in [1.165, 1.54) is 5.56 Å². The molecule has 4 rings (SSSR count). The smallest absolute Gasteiger partial charge is 0.251 e. The largest absolute Gasteiger partial charge is 0.376 e. The van der Waals surface area contributed by atoms with Gasteiger partial charge in [0.25, 0.3) is 5.91 Å². The number of para-hydroxylation sites is 1. The van der Waals surface area contributed by atoms with Crippen molar-refractivity contribution in [1.82, 2.24) is 9.80 Å². The Hall–Kier alpha value is -2.37. The summed E-state index contributed by atoms with van der Waals surface area (Å²) >= 11 is 0. The molecule has 2 heterocycles. The number of carbonyl (C=O) groups excluding carboxylic acids is 1. The summed E-state index contributed by atoms with van der Waals surface area (Å²) in [6.07, 6.45) is 1.56. The Bertz CT molecular complexity index is 742. The summed E-state index contributed by atoms with van der Waals surface area (Å²) in [5, 5.41) is 9.63. The lowest BCUT2D eigenvalue weighted by molar-refractivity contribution is -0.136. The monoisotopic (exact) mass is 351 g/mol. The molecule has 1 spiro atoms. The van der Waals surface area contributed by atoms with E-state index in [-0.39, 0.29) is 12.6 Å². The van der Waals surface area contributed by atoms with Crippen molar-refractivity contribution >= 4 is 11.6 Å². The van der Waals surface area contributed by atoms with Gasteiger partial charge in [-0.15, -0.1) is 0 Å². The molecule has 0 radical (unpaired) electrons. The summed E-state index contributed by atoms with van der Waals surface area (Å²) in [5.41, 5.74) is 1.82. The van der Waals surface area contributed by atoms with Gasteiger partial charge in [-0.05, 0) is 30.5 Å². The summed E-state index contributed by atoms with van der Waals surface area (Å²) in [4.78, 5) is 19.2. The molecular formula is C21H25N3O2. The van der Waals surface area contributed by atoms with Crippen LogP contribution in [-0.2, 0) is 11.3 Å². The number of amides is 1. The summed E-state index contributed by atoms with van der Waals surface area (Å²) in [5.74, 6) is 0.0585. The number of likely N-dealkylation sites (tertiary alicyclic amines) is 1. The lowest BCUT2D eigenvalue weighted by Gasteiger charge is -2.43. The Balaban J connectivity index is 1.53. The van der Waals surface area contributed by atoms with Gasteiger partial charge in [0, 0.05) is 25.3 Å². The molecule has 136 valence electrons. The van der Waals surface area contributed by atoms with Crippen molar-refractivity contribution in [2.24, 2.45) is 0 Å². The molecule has 2 aliphatic rings. The number of rotatable bonds is 4. The number of aliphatic hydroxyl groups is 1. The van der Waals surface area contributed by atoms with Crippen LogP contribution in [0.5, 0.6) is 0 Å². The van der Waals surface area contributed by atoms with Crippen molar-refractivity contribution in [3.63, 3.8) is 0 Å². The average molecular weight is 351 g/mol. The molecule has 2 fully saturated rings. The van der Waals surface area contributed by atoms with Crippen LogP contribution in [0.25, 0.3) is 0 Å². The van der Waals surface area contributed by atoms with Crippen LogP contribution in [0.2, 0.25) is 0 Å². The maximum Gasteiger partial charge on any atom is 0.251 e. The highest BCUT2D eigenvalue weighted by Gasteiger charge is 2.53. The van der Waals surface area contributed by atoms with Gasteiger partial charge in [-0.2, -0.15) is 0 Å². The fraction of sp³-hybridized carbons (Fsp3) is 0.381. The van der Waals surface area contributed by atoms with E-state index in [4.69, 9.17) is 0 Å². The number of nitrogens with zero attached hydrogens (tertiary/aromatic N) is 3. The fourth-order valence-corrected chi connectivity index (χ4v) is 4.23. The van der Waals surface area contributed by atoms with Crippen LogP contribution in [0, 0.1) is 0 Å². The number of piperidine rings is 1. The summed E-state index contributed by atoms with van der Waals surface area (Å²) in [6, 6.07) is 20.5. The second-order valence-corrected chi connectivity index (χ2v) is 7.18. The Labute approximate surface area is 154 Å². The van der Waals surface area contributed by atoms with Crippen molar-refractivity contribution in [2.75, 3.05) is 31.4 Å². The predicted octanol–water partition coefficient (Wildman–Crippen LogP) is 2.28. The third kappa shape index (κ3) is 2.97. The van der Waals surface area contributed by atoms with E-state index in [2.05, 4.69) is 34.1 Å². The zero-order chi connectivity index (χ0) is 18.0. The maximum absolute atomic E-state index is 13.1. The van der Waals surface area contributed by atoms with Gasteiger partial charge in [0.15, 0.2) is 0 Å². The minimum absolute atomic E-state index is 0.0585. The van der Waals surface area contributed by atoms with Crippen LogP contribution in [0.1, 0.15) is 18.4 Å². The summed E-state index contributed by atoms with van der Waals surface area (Å²) < 4.78 is 0. The van der Waals surface area contributed by atoms with Crippen molar-refractivity contribution in [3.05, 3.63) is 66.2 Å². The predicted molar refractivity (Wildman–Crippen MR) is 101 cm³/mol. The Kier molecular flexibility index (Phi) is 4.66. The average Bonchev–Trinajstić information content (AvgIpc) is 2.97. The lowest BCUT2D eigenvalue weighted by atomic mass is 9.85. The molecule has 1 amide bonds. The summed E-state index contributed by atoms with van der Waals surface area (Å²) in [7, 11) is 0. The number of carbonyl (C=O) groups is 1. The highest BCUT2D eigenvalue weighted by molar-refractivity contribution is 5.93. The molecule has 0 aliphatic carbocycles. The van der Waals surface area contributed by atoms with Crippen LogP contribution >= 0.6 is 0 Å². The Morgan fingerprint density at radius 3 is 2.15 bits per heavy atom. The van der Waals surface area contributed by atoms with E-state index >= 15 is 0 Å². The highest BCUT2D eigenvalue weighted by Crippen LogP contribution is 2.39. The van der Waals surface area contributed by atoms with Crippen molar-refractivity contribution < 1.29 is 9.90 Å². The first kappa shape index (κ1) is 17.1. The maximum atomic E-state index is 13.1. The van der Waals surface area contributed by atoms with Gasteiger partial charge in [-0.3, -0.25) is 14.6 Å². The van der Waals surface area contributed by atoms with Gasteiger partial charge in [0.05, 0.1) is 6.67 Å². The van der Waals surface area contributed by atoms with E-state index < -0.39 is 5.54 Å². The number of aliphatic hydroxyl groups excluding tert-OH is 1. The highest BCUT2D eigenvalue weighted by atomic mass is 16.3. The van der Waals surface area contributed by atoms with E-state index in [1.807, 2.05) is 36.4 Å². The van der Waals surface area contributed by atoms with Crippen LogP contribution in [0.15, 0.2) is 60.7 Å². The summed E-state index contributed by atoms with van der Waals surface area (Å²) in [6.45, 7) is 2.91. The first-order chi connectivity index (χ1) is 12.7. The van der Waals surface area contributed by atoms with Crippen molar-refractivity contribution in [2.45, 2.75) is 24.9 Å². The standard InChI is InChI=1S/C21H25N3O2/c25-17-23-16-24(19-9-5-2-6-10-19)21(20(23)26)11-13-22(14-12-21)15-18-7-3-1-4-8-18/h1-10,25H,11-17H2. The molecule has 1 N–H and O–H groups in total. The van der Waals surface area contributed by atoms with Gasteiger partial charge in [0.1, 0.15) is 12.3 Å². The normalized spacial score (nSPS) is 20.1. The van der Waals surface area contributed by atoms with Gasteiger partial charge < -0.3 is 10.0 Å². The first-order valence-electron chi connectivity index (χ1n) is 9.22. The lowest BCUT2D eigenvalue weighted by Crippen LogP contribution is -2.56. The molecule has 2 aromatic rings. The number of benzene rings is 2. The molecule has 2 aromatic carbocycles. The van der Waals surface area contributed by atoms with Crippen molar-refractivity contribution in [3.8, 4) is 0 Å². The topological polar surface area (TPSA) is 47.0 Å². The third-order valence-corrected chi connectivity index (χ3v) is 5.68. The van der Waals surface area contributed by atoms with E-state index in [0.717, 1.165) is 38.2 Å². The molecule has 0 aromatic heterocycles. The van der Waals surface area contributed by atoms with Crippen LogP contribution < -0.4 is 4.90 Å². The molecule has 5 nitrogen and oxygen atoms in total. The number of hydrogen-bond acceptors (Lipinski definition) is 4. The molecule has 26 heavy (non-hydrogen) atoms. The van der Waals surface area contributed by atoms with Gasteiger partial charge in [-0.25, -0.2) is 0 Å². The van der Waals surface area contributed by atoms with E-state index in [9.17, 15) is 9.90 Å². The zero-order valence-electron chi connectivity index (χ0n) is 14.9. The Morgan fingerprint density at radius 2 is 1.54 bits per heavy atom. The van der Waals surface area contributed by atoms with E-state index in [0.29, 0.717) is 6.67 Å². The second kappa shape index (κ2) is 7.09.